The van der Waals surface area contributed by atoms with Crippen LogP contribution in [0.25, 0.3) is 0 Å². The summed E-state index contributed by atoms with van der Waals surface area (Å²) >= 11 is 7.61. The van der Waals surface area contributed by atoms with Gasteiger partial charge < -0.3 is 10.8 Å². The molecule has 1 atom stereocenters. The van der Waals surface area contributed by atoms with Gasteiger partial charge in [-0.05, 0) is 6.42 Å². The molecule has 1 unspecified atom stereocenters. The SMILES string of the molecule is CCc1nn(C)c(CSCC(N)C(=O)O)c1Cl. The monoisotopic (exact) mass is 277 g/mol. The van der Waals surface area contributed by atoms with Crippen LogP contribution in [0, 0.1) is 0 Å². The van der Waals surface area contributed by atoms with E-state index in [0.29, 0.717) is 16.5 Å². The Morgan fingerprint density at radius 2 is 2.35 bits per heavy atom. The Morgan fingerprint density at radius 1 is 1.71 bits per heavy atom. The number of carbonyl (C=O) groups is 1. The molecule has 1 aromatic rings. The van der Waals surface area contributed by atoms with Crippen LogP contribution in [0.3, 0.4) is 0 Å². The number of halogens is 1. The summed E-state index contributed by atoms with van der Waals surface area (Å²) in [5, 5.41) is 13.6. The first-order valence-corrected chi connectivity index (χ1v) is 6.77. The molecule has 0 radical (unpaired) electrons. The zero-order valence-electron chi connectivity index (χ0n) is 9.81. The molecule has 7 heteroatoms. The number of rotatable bonds is 6. The lowest BCUT2D eigenvalue weighted by Gasteiger charge is -2.06. The summed E-state index contributed by atoms with van der Waals surface area (Å²) in [7, 11) is 1.83. The van der Waals surface area contributed by atoms with Gasteiger partial charge in [0.05, 0.1) is 16.4 Å². The molecule has 1 heterocycles. The molecule has 1 rings (SSSR count). The van der Waals surface area contributed by atoms with Crippen LogP contribution >= 0.6 is 23.4 Å². The molecule has 0 aliphatic carbocycles. The maximum Gasteiger partial charge on any atom is 0.321 e. The van der Waals surface area contributed by atoms with Crippen LogP contribution in [-0.2, 0) is 24.0 Å². The Hall–Kier alpha value is -0.720. The van der Waals surface area contributed by atoms with Gasteiger partial charge in [0.1, 0.15) is 6.04 Å². The third-order valence-corrected chi connectivity index (χ3v) is 3.87. The molecule has 0 aliphatic rings. The maximum absolute atomic E-state index is 10.5. The van der Waals surface area contributed by atoms with Gasteiger partial charge in [0.15, 0.2) is 0 Å². The van der Waals surface area contributed by atoms with Crippen molar-refractivity contribution < 1.29 is 9.90 Å². The Kier molecular flexibility index (Phi) is 5.30. The molecule has 0 aliphatic heterocycles. The number of aromatic nitrogens is 2. The fourth-order valence-electron chi connectivity index (χ4n) is 1.33. The molecule has 96 valence electrons. The Morgan fingerprint density at radius 3 is 2.82 bits per heavy atom. The van der Waals surface area contributed by atoms with E-state index in [1.54, 1.807) is 4.68 Å². The predicted octanol–water partition coefficient (Wildman–Crippen LogP) is 1.28. The van der Waals surface area contributed by atoms with E-state index in [1.807, 2.05) is 14.0 Å². The van der Waals surface area contributed by atoms with Crippen LogP contribution < -0.4 is 5.73 Å². The number of aliphatic carboxylic acids is 1. The van der Waals surface area contributed by atoms with Gasteiger partial charge in [0.25, 0.3) is 0 Å². The number of nitrogens with two attached hydrogens (primary N) is 1. The first-order valence-electron chi connectivity index (χ1n) is 5.23. The molecule has 1 aromatic heterocycles. The average Bonchev–Trinajstić information content (AvgIpc) is 2.55. The highest BCUT2D eigenvalue weighted by molar-refractivity contribution is 7.98. The normalized spacial score (nSPS) is 12.7. The van der Waals surface area contributed by atoms with Crippen molar-refractivity contribution in [3.8, 4) is 0 Å². The number of aryl methyl sites for hydroxylation is 2. The minimum atomic E-state index is -0.983. The second-order valence-electron chi connectivity index (χ2n) is 3.64. The van der Waals surface area contributed by atoms with Crippen molar-refractivity contribution in [3.05, 3.63) is 16.4 Å². The van der Waals surface area contributed by atoms with Crippen molar-refractivity contribution in [2.75, 3.05) is 5.75 Å². The lowest BCUT2D eigenvalue weighted by molar-refractivity contribution is -0.137. The topological polar surface area (TPSA) is 81.1 Å². The van der Waals surface area contributed by atoms with E-state index >= 15 is 0 Å². The van der Waals surface area contributed by atoms with Crippen LogP contribution in [-0.4, -0.2) is 32.7 Å². The summed E-state index contributed by atoms with van der Waals surface area (Å²) in [6.07, 6.45) is 0.784. The lowest BCUT2D eigenvalue weighted by Crippen LogP contribution is -2.32. The summed E-state index contributed by atoms with van der Waals surface area (Å²) in [4.78, 5) is 10.5. The Balaban J connectivity index is 2.58. The summed E-state index contributed by atoms with van der Waals surface area (Å²) in [5.41, 5.74) is 7.19. The van der Waals surface area contributed by atoms with Crippen LogP contribution in [0.15, 0.2) is 0 Å². The first kappa shape index (κ1) is 14.3. The molecular weight excluding hydrogens is 262 g/mol. The number of hydrogen-bond acceptors (Lipinski definition) is 4. The number of thioether (sulfide) groups is 1. The van der Waals surface area contributed by atoms with Crippen molar-refractivity contribution in [1.29, 1.82) is 0 Å². The van der Waals surface area contributed by atoms with Crippen LogP contribution in [0.2, 0.25) is 5.02 Å². The lowest BCUT2D eigenvalue weighted by atomic mass is 10.3. The first-order chi connectivity index (χ1) is 7.97. The molecule has 0 saturated carbocycles. The van der Waals surface area contributed by atoms with Gasteiger partial charge in [-0.3, -0.25) is 9.48 Å². The number of hydrogen-bond donors (Lipinski definition) is 2. The van der Waals surface area contributed by atoms with Crippen LogP contribution in [0.4, 0.5) is 0 Å². The van der Waals surface area contributed by atoms with E-state index in [2.05, 4.69) is 5.10 Å². The second kappa shape index (κ2) is 6.28. The minimum absolute atomic E-state index is 0.359. The summed E-state index contributed by atoms with van der Waals surface area (Å²) in [6.45, 7) is 1.99. The fourth-order valence-corrected chi connectivity index (χ4v) is 2.81. The third kappa shape index (κ3) is 3.62. The summed E-state index contributed by atoms with van der Waals surface area (Å²) < 4.78 is 1.74. The number of nitrogens with zero attached hydrogens (tertiary/aromatic N) is 2. The Labute approximate surface area is 109 Å². The quantitative estimate of drug-likeness (QED) is 0.819. The molecule has 0 bridgehead atoms. The van der Waals surface area contributed by atoms with Gasteiger partial charge in [0, 0.05) is 18.6 Å². The van der Waals surface area contributed by atoms with E-state index in [0.717, 1.165) is 17.8 Å². The van der Waals surface area contributed by atoms with E-state index in [4.69, 9.17) is 22.4 Å². The summed E-state index contributed by atoms with van der Waals surface area (Å²) in [5.74, 6) is -0.00965. The smallest absolute Gasteiger partial charge is 0.321 e. The zero-order chi connectivity index (χ0) is 13.0. The van der Waals surface area contributed by atoms with Gasteiger partial charge in [-0.2, -0.15) is 16.9 Å². The molecule has 17 heavy (non-hydrogen) atoms. The second-order valence-corrected chi connectivity index (χ2v) is 5.05. The number of carboxylic acid groups (broad SMARTS) is 1. The van der Waals surface area contributed by atoms with Crippen molar-refractivity contribution in [3.63, 3.8) is 0 Å². The molecular formula is C10H16ClN3O2S. The molecule has 5 nitrogen and oxygen atoms in total. The predicted molar refractivity (Wildman–Crippen MR) is 69.4 cm³/mol. The van der Waals surface area contributed by atoms with Crippen molar-refractivity contribution in [2.45, 2.75) is 25.1 Å². The Bertz CT molecular complexity index is 409. The molecule has 0 amide bonds. The molecule has 3 N–H and O–H groups in total. The highest BCUT2D eigenvalue weighted by Gasteiger charge is 2.15. The van der Waals surface area contributed by atoms with Gasteiger partial charge in [-0.25, -0.2) is 0 Å². The third-order valence-electron chi connectivity index (χ3n) is 2.36. The summed E-state index contributed by atoms with van der Waals surface area (Å²) in [6, 6.07) is -0.836. The molecule has 0 spiro atoms. The van der Waals surface area contributed by atoms with Crippen molar-refractivity contribution >= 4 is 29.3 Å². The molecule has 0 saturated heterocycles. The van der Waals surface area contributed by atoms with Crippen molar-refractivity contribution in [2.24, 2.45) is 12.8 Å². The molecule has 0 aromatic carbocycles. The van der Waals surface area contributed by atoms with E-state index in [9.17, 15) is 4.79 Å². The zero-order valence-corrected chi connectivity index (χ0v) is 11.4. The van der Waals surface area contributed by atoms with E-state index in [-0.39, 0.29) is 0 Å². The van der Waals surface area contributed by atoms with Crippen LogP contribution in [0.1, 0.15) is 18.3 Å². The molecule has 0 fully saturated rings. The minimum Gasteiger partial charge on any atom is -0.480 e. The largest absolute Gasteiger partial charge is 0.480 e. The van der Waals surface area contributed by atoms with Gasteiger partial charge >= 0.3 is 5.97 Å². The average molecular weight is 278 g/mol. The maximum atomic E-state index is 10.5. The number of carboxylic acids is 1. The van der Waals surface area contributed by atoms with Gasteiger partial charge in [-0.1, -0.05) is 18.5 Å². The van der Waals surface area contributed by atoms with Gasteiger partial charge in [0.2, 0.25) is 0 Å². The van der Waals surface area contributed by atoms with E-state index in [1.165, 1.54) is 11.8 Å². The van der Waals surface area contributed by atoms with Crippen molar-refractivity contribution in [1.82, 2.24) is 9.78 Å². The van der Waals surface area contributed by atoms with Crippen LogP contribution in [0.5, 0.6) is 0 Å². The highest BCUT2D eigenvalue weighted by Crippen LogP contribution is 2.24. The van der Waals surface area contributed by atoms with E-state index < -0.39 is 12.0 Å². The van der Waals surface area contributed by atoms with Gasteiger partial charge in [-0.15, -0.1) is 0 Å². The highest BCUT2D eigenvalue weighted by atomic mass is 35.5. The fraction of sp³-hybridized carbons (Fsp3) is 0.600. The standard InChI is InChI=1S/C10H16ClN3O2S/c1-3-7-9(11)8(14(2)13-7)5-17-4-6(12)10(15)16/h6H,3-5,12H2,1-2H3,(H,15,16).